The van der Waals surface area contributed by atoms with Gasteiger partial charge in [-0.1, -0.05) is 0 Å². The molecule has 1 aliphatic rings. The molecule has 5 nitrogen and oxygen atoms in total. The molecular formula is C10H14N2O3S2. The van der Waals surface area contributed by atoms with Gasteiger partial charge in [0.05, 0.1) is 11.8 Å². The molecule has 2 rings (SSSR count). The number of hydrogen-bond donors (Lipinski definition) is 2. The fourth-order valence-electron chi connectivity index (χ4n) is 1.89. The van der Waals surface area contributed by atoms with Crippen LogP contribution in [0.15, 0.2) is 5.38 Å². The number of hydrogen-bond acceptors (Lipinski definition) is 4. The summed E-state index contributed by atoms with van der Waals surface area (Å²) >= 11 is 1.58. The highest BCUT2D eigenvalue weighted by molar-refractivity contribution is 7.88. The molecule has 1 amide bonds. The van der Waals surface area contributed by atoms with Crippen molar-refractivity contribution in [2.75, 3.05) is 6.26 Å². The first kappa shape index (κ1) is 12.5. The second-order valence-electron chi connectivity index (χ2n) is 4.09. The van der Waals surface area contributed by atoms with Gasteiger partial charge in [-0.2, -0.15) is 0 Å². The fourth-order valence-corrected chi connectivity index (χ4v) is 3.29. The Morgan fingerprint density at radius 2 is 2.06 bits per heavy atom. The lowest BCUT2D eigenvalue weighted by atomic mass is 9.96. The summed E-state index contributed by atoms with van der Waals surface area (Å²) in [6.45, 7) is 0. The number of aryl methyl sites for hydroxylation is 1. The number of amides is 1. The minimum Gasteiger partial charge on any atom is -0.274 e. The average Bonchev–Trinajstić information content (AvgIpc) is 2.68. The number of nitrogens with one attached hydrogen (secondary N) is 2. The standard InChI is InChI=1S/C10H14N2O3S2/c1-17(14,15)12-11-10(13)8-6-16-9-5-3-2-4-7(8)9/h6,12H,2-5H2,1H3,(H,11,13). The van der Waals surface area contributed by atoms with Crippen LogP contribution in [0.1, 0.15) is 33.6 Å². The van der Waals surface area contributed by atoms with Crippen LogP contribution in [0.2, 0.25) is 0 Å². The highest BCUT2D eigenvalue weighted by Gasteiger charge is 2.20. The summed E-state index contributed by atoms with van der Waals surface area (Å²) in [7, 11) is -3.41. The van der Waals surface area contributed by atoms with Crippen molar-refractivity contribution in [2.24, 2.45) is 0 Å². The highest BCUT2D eigenvalue weighted by Crippen LogP contribution is 2.29. The summed E-state index contributed by atoms with van der Waals surface area (Å²) < 4.78 is 21.7. The van der Waals surface area contributed by atoms with Crippen molar-refractivity contribution in [3.63, 3.8) is 0 Å². The summed E-state index contributed by atoms with van der Waals surface area (Å²) in [4.78, 5) is 15.0. The van der Waals surface area contributed by atoms with E-state index in [2.05, 4.69) is 5.43 Å². The summed E-state index contributed by atoms with van der Waals surface area (Å²) in [6, 6.07) is 0. The smallest absolute Gasteiger partial charge is 0.267 e. The van der Waals surface area contributed by atoms with Crippen LogP contribution in [-0.2, 0) is 22.9 Å². The average molecular weight is 274 g/mol. The van der Waals surface area contributed by atoms with E-state index in [1.165, 1.54) is 4.88 Å². The van der Waals surface area contributed by atoms with E-state index in [4.69, 9.17) is 0 Å². The first-order valence-electron chi connectivity index (χ1n) is 5.34. The van der Waals surface area contributed by atoms with Crippen molar-refractivity contribution < 1.29 is 13.2 Å². The second-order valence-corrected chi connectivity index (χ2v) is 6.80. The van der Waals surface area contributed by atoms with Crippen LogP contribution in [0, 0.1) is 0 Å². The van der Waals surface area contributed by atoms with Gasteiger partial charge < -0.3 is 0 Å². The fraction of sp³-hybridized carbons (Fsp3) is 0.500. The van der Waals surface area contributed by atoms with Gasteiger partial charge in [0, 0.05) is 10.3 Å². The van der Waals surface area contributed by atoms with Crippen molar-refractivity contribution in [3.8, 4) is 0 Å². The van der Waals surface area contributed by atoms with Gasteiger partial charge in [0.1, 0.15) is 0 Å². The van der Waals surface area contributed by atoms with Gasteiger partial charge in [-0.25, -0.2) is 8.42 Å². The molecule has 0 aliphatic heterocycles. The molecule has 1 aliphatic carbocycles. The van der Waals surface area contributed by atoms with Gasteiger partial charge in [-0.15, -0.1) is 16.2 Å². The Kier molecular flexibility index (Phi) is 3.50. The van der Waals surface area contributed by atoms with Crippen LogP contribution >= 0.6 is 11.3 Å². The zero-order chi connectivity index (χ0) is 12.5. The molecule has 0 atom stereocenters. The molecule has 0 radical (unpaired) electrons. The molecule has 17 heavy (non-hydrogen) atoms. The minimum absolute atomic E-state index is 0.380. The summed E-state index contributed by atoms with van der Waals surface area (Å²) in [6.07, 6.45) is 5.17. The zero-order valence-corrected chi connectivity index (χ0v) is 11.1. The molecule has 0 bridgehead atoms. The topological polar surface area (TPSA) is 75.3 Å². The number of carbonyl (C=O) groups excluding carboxylic acids is 1. The lowest BCUT2D eigenvalue weighted by Crippen LogP contribution is -2.41. The van der Waals surface area contributed by atoms with E-state index in [0.717, 1.165) is 37.5 Å². The molecule has 0 aromatic carbocycles. The zero-order valence-electron chi connectivity index (χ0n) is 9.45. The van der Waals surface area contributed by atoms with Crippen molar-refractivity contribution in [1.82, 2.24) is 10.3 Å². The third-order valence-corrected chi connectivity index (χ3v) is 4.22. The second kappa shape index (κ2) is 4.75. The quantitative estimate of drug-likeness (QED) is 0.801. The Hall–Kier alpha value is -0.920. The van der Waals surface area contributed by atoms with Crippen molar-refractivity contribution in [2.45, 2.75) is 25.7 Å². The van der Waals surface area contributed by atoms with Crippen molar-refractivity contribution in [3.05, 3.63) is 21.4 Å². The Labute approximate surface area is 104 Å². The molecule has 1 heterocycles. The number of rotatable bonds is 3. The number of sulfonamides is 1. The van der Waals surface area contributed by atoms with E-state index in [9.17, 15) is 13.2 Å². The lowest BCUT2D eigenvalue weighted by Gasteiger charge is -2.12. The summed E-state index contributed by atoms with van der Waals surface area (Å²) in [5.41, 5.74) is 3.88. The van der Waals surface area contributed by atoms with E-state index >= 15 is 0 Å². The third-order valence-electron chi connectivity index (χ3n) is 2.66. The summed E-state index contributed by atoms with van der Waals surface area (Å²) in [5, 5.41) is 1.80. The molecule has 7 heteroatoms. The first-order chi connectivity index (χ1) is 7.97. The largest absolute Gasteiger partial charge is 0.274 e. The van der Waals surface area contributed by atoms with Crippen LogP contribution < -0.4 is 10.3 Å². The van der Waals surface area contributed by atoms with Crippen LogP contribution in [0.3, 0.4) is 0 Å². The van der Waals surface area contributed by atoms with Gasteiger partial charge in [0.15, 0.2) is 0 Å². The molecular weight excluding hydrogens is 260 g/mol. The number of thiophene rings is 1. The van der Waals surface area contributed by atoms with E-state index in [0.29, 0.717) is 5.56 Å². The normalized spacial score (nSPS) is 15.4. The maximum atomic E-state index is 11.8. The Morgan fingerprint density at radius 1 is 1.35 bits per heavy atom. The minimum atomic E-state index is -3.41. The van der Waals surface area contributed by atoms with Gasteiger partial charge in [-0.05, 0) is 31.2 Å². The third kappa shape index (κ3) is 3.05. The Balaban J connectivity index is 2.12. The molecule has 0 saturated heterocycles. The number of fused-ring (bicyclic) bond motifs is 1. The van der Waals surface area contributed by atoms with E-state index in [1.807, 2.05) is 4.83 Å². The van der Waals surface area contributed by atoms with E-state index < -0.39 is 10.0 Å². The van der Waals surface area contributed by atoms with Gasteiger partial charge in [0.25, 0.3) is 5.91 Å². The maximum absolute atomic E-state index is 11.8. The lowest BCUT2D eigenvalue weighted by molar-refractivity contribution is 0.0944. The Morgan fingerprint density at radius 3 is 2.76 bits per heavy atom. The molecule has 0 spiro atoms. The Bertz CT molecular complexity index is 534. The van der Waals surface area contributed by atoms with Crippen molar-refractivity contribution >= 4 is 27.3 Å². The number of carbonyl (C=O) groups is 1. The molecule has 94 valence electrons. The molecule has 0 saturated carbocycles. The maximum Gasteiger partial charge on any atom is 0.267 e. The van der Waals surface area contributed by atoms with Crippen LogP contribution in [0.25, 0.3) is 0 Å². The monoisotopic (exact) mass is 274 g/mol. The SMILES string of the molecule is CS(=O)(=O)NNC(=O)c1csc2c1CCCC2. The summed E-state index contributed by atoms with van der Waals surface area (Å²) in [5.74, 6) is -0.380. The van der Waals surface area contributed by atoms with Crippen LogP contribution in [-0.4, -0.2) is 20.6 Å². The molecule has 1 aromatic heterocycles. The van der Waals surface area contributed by atoms with Crippen LogP contribution in [0.5, 0.6) is 0 Å². The predicted molar refractivity (Wildman–Crippen MR) is 66.4 cm³/mol. The number of hydrazine groups is 1. The predicted octanol–water partition coefficient (Wildman–Crippen LogP) is 0.821. The van der Waals surface area contributed by atoms with E-state index in [1.54, 1.807) is 16.7 Å². The molecule has 0 fully saturated rings. The van der Waals surface area contributed by atoms with Gasteiger partial charge in [0.2, 0.25) is 10.0 Å². The van der Waals surface area contributed by atoms with Crippen LogP contribution in [0.4, 0.5) is 0 Å². The molecule has 1 aromatic rings. The first-order valence-corrected chi connectivity index (χ1v) is 8.11. The van der Waals surface area contributed by atoms with Crippen molar-refractivity contribution in [1.29, 1.82) is 0 Å². The van der Waals surface area contributed by atoms with Gasteiger partial charge >= 0.3 is 0 Å². The molecule has 0 unspecified atom stereocenters. The van der Waals surface area contributed by atoms with Gasteiger partial charge in [-0.3, -0.25) is 10.2 Å². The van der Waals surface area contributed by atoms with E-state index in [-0.39, 0.29) is 5.91 Å². The molecule has 2 N–H and O–H groups in total. The highest BCUT2D eigenvalue weighted by atomic mass is 32.2.